The van der Waals surface area contributed by atoms with Gasteiger partial charge in [0.15, 0.2) is 0 Å². The number of hydrogen-bond acceptors (Lipinski definition) is 4. The summed E-state index contributed by atoms with van der Waals surface area (Å²) in [5, 5.41) is 9.17. The van der Waals surface area contributed by atoms with Gasteiger partial charge in [-0.2, -0.15) is 4.72 Å². The van der Waals surface area contributed by atoms with Crippen molar-refractivity contribution in [2.45, 2.75) is 11.6 Å². The van der Waals surface area contributed by atoms with Gasteiger partial charge in [-0.15, -0.1) is 0 Å². The zero-order valence-corrected chi connectivity index (χ0v) is 13.3. The third kappa shape index (κ3) is 3.39. The van der Waals surface area contributed by atoms with Crippen LogP contribution in [0, 0.1) is 0 Å². The predicted octanol–water partition coefficient (Wildman–Crippen LogP) is 1.49. The Morgan fingerprint density at radius 3 is 2.21 bits per heavy atom. The molecule has 24 heavy (non-hydrogen) atoms. The topological polar surface area (TPSA) is 104 Å². The van der Waals surface area contributed by atoms with Crippen LogP contribution in [0.25, 0.3) is 11.1 Å². The lowest BCUT2D eigenvalue weighted by atomic mass is 10.1. The fraction of sp³-hybridized carbons (Fsp3) is 0.0625. The molecule has 0 aliphatic rings. The molecule has 3 aromatic rings. The number of aromatic amines is 1. The zero-order valence-electron chi connectivity index (χ0n) is 12.5. The van der Waals surface area contributed by atoms with Crippen molar-refractivity contribution in [3.63, 3.8) is 0 Å². The Morgan fingerprint density at radius 1 is 1.00 bits per heavy atom. The first-order valence-electron chi connectivity index (χ1n) is 7.09. The van der Waals surface area contributed by atoms with Crippen LogP contribution in [-0.4, -0.2) is 23.1 Å². The average Bonchev–Trinajstić information content (AvgIpc) is 2.92. The van der Waals surface area contributed by atoms with Crippen molar-refractivity contribution in [1.82, 2.24) is 14.3 Å². The number of sulfonamides is 1. The number of rotatable bonds is 5. The highest BCUT2D eigenvalue weighted by Gasteiger charge is 2.14. The van der Waals surface area contributed by atoms with Gasteiger partial charge in [-0.3, -0.25) is 9.55 Å². The molecule has 0 saturated heterocycles. The fourth-order valence-electron chi connectivity index (χ4n) is 2.23. The number of hydrogen-bond donors (Lipinski definition) is 3. The molecule has 3 rings (SSSR count). The SMILES string of the molecule is O=c1[nH]c(O)cn1CNS(=O)(=O)c1ccc(-c2ccccc2)cc1. The second-order valence-corrected chi connectivity index (χ2v) is 6.88. The Morgan fingerprint density at radius 2 is 1.62 bits per heavy atom. The molecule has 0 fully saturated rings. The molecule has 3 N–H and O–H groups in total. The van der Waals surface area contributed by atoms with Crippen LogP contribution in [0.1, 0.15) is 0 Å². The van der Waals surface area contributed by atoms with E-state index in [9.17, 15) is 13.2 Å². The lowest BCUT2D eigenvalue weighted by Crippen LogP contribution is -2.30. The number of nitrogens with one attached hydrogen (secondary N) is 2. The Hall–Kier alpha value is -2.84. The monoisotopic (exact) mass is 345 g/mol. The molecule has 8 heteroatoms. The van der Waals surface area contributed by atoms with Crippen molar-refractivity contribution in [2.75, 3.05) is 0 Å². The van der Waals surface area contributed by atoms with Crippen LogP contribution in [0.3, 0.4) is 0 Å². The lowest BCUT2D eigenvalue weighted by Gasteiger charge is -2.08. The largest absolute Gasteiger partial charge is 0.493 e. The van der Waals surface area contributed by atoms with E-state index >= 15 is 0 Å². The standard InChI is InChI=1S/C16H15N3O4S/c20-15-10-19(16(21)18-15)11-17-24(22,23)14-8-6-13(7-9-14)12-4-2-1-3-5-12/h1-10,17,20H,11H2,(H,18,21). The summed E-state index contributed by atoms with van der Waals surface area (Å²) in [5.41, 5.74) is 1.29. The van der Waals surface area contributed by atoms with E-state index in [2.05, 4.69) is 9.71 Å². The number of aromatic nitrogens is 2. The van der Waals surface area contributed by atoms with Crippen molar-refractivity contribution in [3.8, 4) is 17.0 Å². The minimum Gasteiger partial charge on any atom is -0.493 e. The first kappa shape index (κ1) is 16.0. The molecule has 124 valence electrons. The summed E-state index contributed by atoms with van der Waals surface area (Å²) < 4.78 is 27.9. The Balaban J connectivity index is 1.77. The molecule has 0 unspecified atom stereocenters. The molecular weight excluding hydrogens is 330 g/mol. The molecule has 7 nitrogen and oxygen atoms in total. The third-order valence-corrected chi connectivity index (χ3v) is 4.87. The number of aromatic hydroxyl groups is 1. The quantitative estimate of drug-likeness (QED) is 0.651. The van der Waals surface area contributed by atoms with Crippen LogP contribution in [0.4, 0.5) is 0 Å². The molecular formula is C16H15N3O4S. The van der Waals surface area contributed by atoms with Gasteiger partial charge in [0.25, 0.3) is 0 Å². The molecule has 0 spiro atoms. The van der Waals surface area contributed by atoms with Crippen LogP contribution < -0.4 is 10.4 Å². The van der Waals surface area contributed by atoms with Gasteiger partial charge in [0.1, 0.15) is 0 Å². The highest BCUT2D eigenvalue weighted by Crippen LogP contribution is 2.20. The predicted molar refractivity (Wildman–Crippen MR) is 88.9 cm³/mol. The summed E-state index contributed by atoms with van der Waals surface area (Å²) in [4.78, 5) is 13.6. The number of benzene rings is 2. The van der Waals surface area contributed by atoms with Gasteiger partial charge in [0.2, 0.25) is 15.9 Å². The van der Waals surface area contributed by atoms with E-state index in [1.54, 1.807) is 12.1 Å². The van der Waals surface area contributed by atoms with Gasteiger partial charge in [-0.1, -0.05) is 42.5 Å². The maximum Gasteiger partial charge on any atom is 0.329 e. The van der Waals surface area contributed by atoms with Crippen molar-refractivity contribution in [3.05, 3.63) is 71.3 Å². The first-order chi connectivity index (χ1) is 11.5. The molecule has 2 aromatic carbocycles. The maximum absolute atomic E-state index is 12.3. The van der Waals surface area contributed by atoms with Gasteiger partial charge >= 0.3 is 5.69 Å². The second-order valence-electron chi connectivity index (χ2n) is 5.11. The van der Waals surface area contributed by atoms with E-state index in [4.69, 9.17) is 5.11 Å². The minimum atomic E-state index is -3.77. The van der Waals surface area contributed by atoms with Gasteiger partial charge < -0.3 is 5.11 Å². The highest BCUT2D eigenvalue weighted by molar-refractivity contribution is 7.89. The van der Waals surface area contributed by atoms with Crippen LogP contribution >= 0.6 is 0 Å². The van der Waals surface area contributed by atoms with Gasteiger partial charge in [-0.25, -0.2) is 13.2 Å². The first-order valence-corrected chi connectivity index (χ1v) is 8.57. The third-order valence-electron chi connectivity index (χ3n) is 3.47. The normalized spacial score (nSPS) is 11.5. The molecule has 0 atom stereocenters. The van der Waals surface area contributed by atoms with Gasteiger partial charge in [-0.05, 0) is 23.3 Å². The van der Waals surface area contributed by atoms with Crippen molar-refractivity contribution < 1.29 is 13.5 Å². The summed E-state index contributed by atoms with van der Waals surface area (Å²) in [6.07, 6.45) is 1.11. The Bertz CT molecular complexity index is 990. The lowest BCUT2D eigenvalue weighted by molar-refractivity contribution is 0.454. The summed E-state index contributed by atoms with van der Waals surface area (Å²) in [7, 11) is -3.77. The van der Waals surface area contributed by atoms with E-state index < -0.39 is 15.7 Å². The highest BCUT2D eigenvalue weighted by atomic mass is 32.2. The molecule has 0 radical (unpaired) electrons. The van der Waals surface area contributed by atoms with Crippen LogP contribution in [0.2, 0.25) is 0 Å². The van der Waals surface area contributed by atoms with E-state index in [-0.39, 0.29) is 17.4 Å². The van der Waals surface area contributed by atoms with Gasteiger partial charge in [0.05, 0.1) is 17.8 Å². The smallest absolute Gasteiger partial charge is 0.329 e. The van der Waals surface area contributed by atoms with Crippen molar-refractivity contribution in [2.24, 2.45) is 0 Å². The summed E-state index contributed by atoms with van der Waals surface area (Å²) in [5.74, 6) is -0.327. The number of nitrogens with zero attached hydrogens (tertiary/aromatic N) is 1. The molecule has 1 heterocycles. The molecule has 0 aliphatic carbocycles. The van der Waals surface area contributed by atoms with E-state index in [0.717, 1.165) is 21.9 Å². The molecule has 0 bridgehead atoms. The number of imidazole rings is 1. The Labute approximate surface area is 138 Å². The summed E-state index contributed by atoms with van der Waals surface area (Å²) >= 11 is 0. The van der Waals surface area contributed by atoms with Crippen LogP contribution in [-0.2, 0) is 16.7 Å². The fourth-order valence-corrected chi connectivity index (χ4v) is 3.20. The second kappa shape index (κ2) is 6.34. The molecule has 0 aliphatic heterocycles. The van der Waals surface area contributed by atoms with E-state index in [1.165, 1.54) is 12.1 Å². The van der Waals surface area contributed by atoms with Crippen molar-refractivity contribution >= 4 is 10.0 Å². The molecule has 1 aromatic heterocycles. The van der Waals surface area contributed by atoms with Gasteiger partial charge in [0, 0.05) is 0 Å². The van der Waals surface area contributed by atoms with Crippen LogP contribution in [0.5, 0.6) is 5.88 Å². The summed E-state index contributed by atoms with van der Waals surface area (Å²) in [6.45, 7) is -0.279. The van der Waals surface area contributed by atoms with E-state index in [0.29, 0.717) is 0 Å². The minimum absolute atomic E-state index is 0.0926. The molecule has 0 saturated carbocycles. The molecule has 0 amide bonds. The summed E-state index contributed by atoms with van der Waals surface area (Å²) in [6, 6.07) is 16.0. The van der Waals surface area contributed by atoms with E-state index in [1.807, 2.05) is 30.3 Å². The zero-order chi connectivity index (χ0) is 17.2. The maximum atomic E-state index is 12.3. The Kier molecular flexibility index (Phi) is 4.24. The van der Waals surface area contributed by atoms with Crippen molar-refractivity contribution in [1.29, 1.82) is 0 Å². The number of H-pyrrole nitrogens is 1. The van der Waals surface area contributed by atoms with Crippen LogP contribution in [0.15, 0.2) is 70.5 Å². The average molecular weight is 345 g/mol.